The van der Waals surface area contributed by atoms with Crippen molar-refractivity contribution in [3.63, 3.8) is 0 Å². The molecule has 0 fully saturated rings. The van der Waals surface area contributed by atoms with Gasteiger partial charge in [0.25, 0.3) is 0 Å². The second-order valence-electron chi connectivity index (χ2n) is 5.26. The molecular weight excluding hydrogens is 266 g/mol. The topological polar surface area (TPSA) is 71.5 Å². The number of rotatable bonds is 6. The van der Waals surface area contributed by atoms with Crippen LogP contribution in [-0.4, -0.2) is 23.9 Å². The van der Waals surface area contributed by atoms with E-state index in [4.69, 9.17) is 10.3 Å². The highest BCUT2D eigenvalue weighted by atomic mass is 16.3. The van der Waals surface area contributed by atoms with Gasteiger partial charge in [-0.15, -0.1) is 0 Å². The summed E-state index contributed by atoms with van der Waals surface area (Å²) < 4.78 is 5.68. The van der Waals surface area contributed by atoms with E-state index in [-0.39, 0.29) is 5.91 Å². The molecule has 1 amide bonds. The Bertz CT molecular complexity index is 617. The van der Waals surface area contributed by atoms with E-state index in [1.807, 2.05) is 24.3 Å². The van der Waals surface area contributed by atoms with Gasteiger partial charge in [-0.1, -0.05) is 32.0 Å². The first-order valence-electron chi connectivity index (χ1n) is 7.33. The van der Waals surface area contributed by atoms with Crippen molar-refractivity contribution in [1.29, 1.82) is 0 Å². The maximum Gasteiger partial charge on any atom is 0.301 e. The number of hydrogen-bond acceptors (Lipinski definition) is 4. The Kier molecular flexibility index (Phi) is 4.98. The molecule has 0 aliphatic carbocycles. The highest BCUT2D eigenvalue weighted by molar-refractivity contribution is 5.98. The van der Waals surface area contributed by atoms with Crippen LogP contribution in [0.1, 0.15) is 42.8 Å². The number of nitrogens with one attached hydrogen (secondary N) is 1. The predicted octanol–water partition coefficient (Wildman–Crippen LogP) is 2.66. The van der Waals surface area contributed by atoms with Gasteiger partial charge in [-0.3, -0.25) is 15.1 Å². The quantitative estimate of drug-likeness (QED) is 0.487. The first-order valence-corrected chi connectivity index (χ1v) is 7.33. The smallest absolute Gasteiger partial charge is 0.301 e. The SMILES string of the molecule is CCC(CC)N(C)Cc1c(C(=O)NN)oc2ccccc12. The zero-order valence-corrected chi connectivity index (χ0v) is 12.8. The van der Waals surface area contributed by atoms with E-state index in [1.165, 1.54) is 0 Å². The second kappa shape index (κ2) is 6.74. The monoisotopic (exact) mass is 289 g/mol. The summed E-state index contributed by atoms with van der Waals surface area (Å²) in [4.78, 5) is 14.2. The first-order chi connectivity index (χ1) is 10.1. The number of furan rings is 1. The molecule has 0 aliphatic rings. The third kappa shape index (κ3) is 3.09. The maximum absolute atomic E-state index is 11.9. The molecule has 0 spiro atoms. The van der Waals surface area contributed by atoms with Gasteiger partial charge in [0.05, 0.1) is 0 Å². The number of nitrogens with zero attached hydrogens (tertiary/aromatic N) is 1. The minimum atomic E-state index is -0.390. The van der Waals surface area contributed by atoms with Gasteiger partial charge in [-0.05, 0) is 26.0 Å². The number of hydrogen-bond donors (Lipinski definition) is 2. The molecular formula is C16H23N3O2. The average Bonchev–Trinajstić information content (AvgIpc) is 2.86. The zero-order chi connectivity index (χ0) is 15.4. The lowest BCUT2D eigenvalue weighted by Gasteiger charge is -2.25. The van der Waals surface area contributed by atoms with Crippen LogP contribution in [0.3, 0.4) is 0 Å². The minimum Gasteiger partial charge on any atom is -0.451 e. The molecule has 1 aromatic heterocycles. The number of nitrogens with two attached hydrogens (primary N) is 1. The summed E-state index contributed by atoms with van der Waals surface area (Å²) in [6.07, 6.45) is 2.14. The van der Waals surface area contributed by atoms with E-state index in [1.54, 1.807) is 0 Å². The molecule has 3 N–H and O–H groups in total. The van der Waals surface area contributed by atoms with Gasteiger partial charge in [0.2, 0.25) is 0 Å². The van der Waals surface area contributed by atoms with Gasteiger partial charge in [-0.25, -0.2) is 5.84 Å². The molecule has 0 bridgehead atoms. The lowest BCUT2D eigenvalue weighted by Crippen LogP contribution is -2.33. The zero-order valence-electron chi connectivity index (χ0n) is 12.8. The van der Waals surface area contributed by atoms with Crippen LogP contribution in [0, 0.1) is 0 Å². The number of benzene rings is 1. The van der Waals surface area contributed by atoms with Crippen molar-refractivity contribution in [3.8, 4) is 0 Å². The molecule has 114 valence electrons. The Morgan fingerprint density at radius 2 is 2.00 bits per heavy atom. The number of hydrazine groups is 1. The van der Waals surface area contributed by atoms with E-state index in [9.17, 15) is 4.79 Å². The lowest BCUT2D eigenvalue weighted by molar-refractivity contribution is 0.0924. The Morgan fingerprint density at radius 3 is 2.62 bits per heavy atom. The molecule has 0 unspecified atom stereocenters. The van der Waals surface area contributed by atoms with Gasteiger partial charge >= 0.3 is 5.91 Å². The Labute approximate surface area is 125 Å². The van der Waals surface area contributed by atoms with E-state index >= 15 is 0 Å². The summed E-state index contributed by atoms with van der Waals surface area (Å²) in [6, 6.07) is 8.16. The maximum atomic E-state index is 11.9. The third-order valence-corrected chi connectivity index (χ3v) is 4.01. The molecule has 5 nitrogen and oxygen atoms in total. The van der Waals surface area contributed by atoms with Crippen molar-refractivity contribution < 1.29 is 9.21 Å². The fourth-order valence-corrected chi connectivity index (χ4v) is 2.80. The van der Waals surface area contributed by atoms with Crippen LogP contribution in [0.15, 0.2) is 28.7 Å². The first kappa shape index (κ1) is 15.5. The standard InChI is InChI=1S/C16H23N3O2/c1-4-11(5-2)19(3)10-13-12-8-6-7-9-14(12)21-15(13)16(20)18-17/h6-9,11H,4-5,10,17H2,1-3H3,(H,18,20). The van der Waals surface area contributed by atoms with Crippen LogP contribution in [0.25, 0.3) is 11.0 Å². The molecule has 1 heterocycles. The largest absolute Gasteiger partial charge is 0.451 e. The molecule has 2 rings (SSSR count). The van der Waals surface area contributed by atoms with Crippen molar-refractivity contribution in [2.75, 3.05) is 7.05 Å². The molecule has 0 saturated heterocycles. The summed E-state index contributed by atoms with van der Waals surface area (Å²) in [6.45, 7) is 5.00. The van der Waals surface area contributed by atoms with Gasteiger partial charge < -0.3 is 4.42 Å². The third-order valence-electron chi connectivity index (χ3n) is 4.01. The van der Waals surface area contributed by atoms with Crippen LogP contribution >= 0.6 is 0 Å². The van der Waals surface area contributed by atoms with Gasteiger partial charge in [-0.2, -0.15) is 0 Å². The van der Waals surface area contributed by atoms with E-state index in [0.29, 0.717) is 23.9 Å². The fraction of sp³-hybridized carbons (Fsp3) is 0.438. The number of fused-ring (bicyclic) bond motifs is 1. The van der Waals surface area contributed by atoms with Crippen molar-refractivity contribution >= 4 is 16.9 Å². The lowest BCUT2D eigenvalue weighted by atomic mass is 10.1. The van der Waals surface area contributed by atoms with Crippen LogP contribution in [-0.2, 0) is 6.54 Å². The molecule has 0 atom stereocenters. The number of carbonyl (C=O) groups excluding carboxylic acids is 1. The average molecular weight is 289 g/mol. The van der Waals surface area contributed by atoms with Gasteiger partial charge in [0.15, 0.2) is 5.76 Å². The van der Waals surface area contributed by atoms with E-state index in [0.717, 1.165) is 23.8 Å². The van der Waals surface area contributed by atoms with Gasteiger partial charge in [0.1, 0.15) is 5.58 Å². The van der Waals surface area contributed by atoms with Crippen molar-refractivity contribution in [2.24, 2.45) is 5.84 Å². The number of nitrogen functional groups attached to an aromatic ring is 1. The Balaban J connectivity index is 2.42. The summed E-state index contributed by atoms with van der Waals surface area (Å²) in [5.41, 5.74) is 3.77. The van der Waals surface area contributed by atoms with Crippen molar-refractivity contribution in [1.82, 2.24) is 10.3 Å². The molecule has 1 aromatic carbocycles. The van der Waals surface area contributed by atoms with Crippen LogP contribution in [0.5, 0.6) is 0 Å². The molecule has 0 radical (unpaired) electrons. The van der Waals surface area contributed by atoms with Gasteiger partial charge in [0, 0.05) is 23.5 Å². The molecule has 2 aromatic rings. The number of para-hydroxylation sites is 1. The number of amides is 1. The van der Waals surface area contributed by atoms with Crippen molar-refractivity contribution in [2.45, 2.75) is 39.3 Å². The normalized spacial score (nSPS) is 11.5. The molecule has 21 heavy (non-hydrogen) atoms. The summed E-state index contributed by atoms with van der Waals surface area (Å²) in [7, 11) is 2.07. The Hall–Kier alpha value is -1.85. The van der Waals surface area contributed by atoms with E-state index in [2.05, 4.69) is 31.2 Å². The molecule has 0 saturated carbocycles. The second-order valence-corrected chi connectivity index (χ2v) is 5.26. The molecule has 5 heteroatoms. The van der Waals surface area contributed by atoms with Crippen LogP contribution < -0.4 is 11.3 Å². The van der Waals surface area contributed by atoms with Crippen molar-refractivity contribution in [3.05, 3.63) is 35.6 Å². The van der Waals surface area contributed by atoms with E-state index < -0.39 is 0 Å². The minimum absolute atomic E-state index is 0.302. The summed E-state index contributed by atoms with van der Waals surface area (Å²) in [5.74, 6) is 5.18. The fourth-order valence-electron chi connectivity index (χ4n) is 2.80. The van der Waals surface area contributed by atoms with Crippen LogP contribution in [0.4, 0.5) is 0 Å². The Morgan fingerprint density at radius 1 is 1.33 bits per heavy atom. The highest BCUT2D eigenvalue weighted by Gasteiger charge is 2.22. The molecule has 0 aliphatic heterocycles. The number of carbonyl (C=O) groups is 1. The predicted molar refractivity (Wildman–Crippen MR) is 83.7 cm³/mol. The van der Waals surface area contributed by atoms with Crippen LogP contribution in [0.2, 0.25) is 0 Å². The summed E-state index contributed by atoms with van der Waals surface area (Å²) >= 11 is 0. The highest BCUT2D eigenvalue weighted by Crippen LogP contribution is 2.27. The summed E-state index contributed by atoms with van der Waals surface area (Å²) in [5, 5.41) is 0.967.